The molecule has 0 unspecified atom stereocenters. The summed E-state index contributed by atoms with van der Waals surface area (Å²) in [6.45, 7) is 4.32. The van der Waals surface area contributed by atoms with Crippen molar-refractivity contribution in [1.29, 1.82) is 0 Å². The molecule has 0 atom stereocenters. The van der Waals surface area contributed by atoms with Crippen LogP contribution in [0.3, 0.4) is 0 Å². The van der Waals surface area contributed by atoms with Gasteiger partial charge < -0.3 is 9.47 Å². The van der Waals surface area contributed by atoms with Crippen LogP contribution in [-0.2, 0) is 15.3 Å². The van der Waals surface area contributed by atoms with Gasteiger partial charge in [-0.3, -0.25) is 0 Å². The van der Waals surface area contributed by atoms with Crippen molar-refractivity contribution in [2.45, 2.75) is 26.1 Å². The molecule has 2 nitrogen and oxygen atoms in total. The smallest absolute Gasteiger partial charge is 0.194 e. The largest absolute Gasteiger partial charge is 0.349 e. The second-order valence-corrected chi connectivity index (χ2v) is 4.13. The fourth-order valence-corrected chi connectivity index (χ4v) is 1.83. The molecule has 0 N–H and O–H groups in total. The van der Waals surface area contributed by atoms with E-state index in [-0.39, 0.29) is 0 Å². The molecule has 1 aromatic rings. The van der Waals surface area contributed by atoms with Gasteiger partial charge in [0.2, 0.25) is 0 Å². The van der Waals surface area contributed by atoms with Gasteiger partial charge >= 0.3 is 0 Å². The minimum atomic E-state index is -0.602. The number of ether oxygens (including phenoxy) is 2. The van der Waals surface area contributed by atoms with Crippen LogP contribution in [0.2, 0.25) is 0 Å². The molecular formula is C13H20O2. The van der Waals surface area contributed by atoms with Crippen LogP contribution in [-0.4, -0.2) is 14.2 Å². The van der Waals surface area contributed by atoms with E-state index in [4.69, 9.17) is 9.47 Å². The Labute approximate surface area is 92.2 Å². The van der Waals surface area contributed by atoms with Crippen LogP contribution in [0, 0.1) is 5.92 Å². The average Bonchev–Trinajstić information content (AvgIpc) is 2.27. The molecule has 15 heavy (non-hydrogen) atoms. The highest BCUT2D eigenvalue weighted by molar-refractivity contribution is 5.20. The summed E-state index contributed by atoms with van der Waals surface area (Å²) in [5.74, 6) is -0.0831. The van der Waals surface area contributed by atoms with E-state index in [9.17, 15) is 0 Å². The van der Waals surface area contributed by atoms with Crippen molar-refractivity contribution in [3.63, 3.8) is 0 Å². The topological polar surface area (TPSA) is 18.5 Å². The van der Waals surface area contributed by atoms with E-state index >= 15 is 0 Å². The lowest BCUT2D eigenvalue weighted by atomic mass is 9.95. The van der Waals surface area contributed by atoms with Crippen molar-refractivity contribution in [3.8, 4) is 0 Å². The SMILES string of the molecule is COC(CC(C)C)(OC)c1ccccc1. The van der Waals surface area contributed by atoms with Crippen molar-refractivity contribution in [1.82, 2.24) is 0 Å². The highest BCUT2D eigenvalue weighted by Gasteiger charge is 2.32. The molecule has 0 saturated heterocycles. The van der Waals surface area contributed by atoms with E-state index in [0.29, 0.717) is 5.92 Å². The lowest BCUT2D eigenvalue weighted by Gasteiger charge is -2.32. The van der Waals surface area contributed by atoms with Gasteiger partial charge in [0.05, 0.1) is 0 Å². The first kappa shape index (κ1) is 12.2. The fraction of sp³-hybridized carbons (Fsp3) is 0.538. The third kappa shape index (κ3) is 2.80. The molecule has 0 heterocycles. The summed E-state index contributed by atoms with van der Waals surface area (Å²) in [6.07, 6.45) is 0.851. The lowest BCUT2D eigenvalue weighted by molar-refractivity contribution is -0.225. The van der Waals surface area contributed by atoms with Gasteiger partial charge in [-0.25, -0.2) is 0 Å². The van der Waals surface area contributed by atoms with Crippen LogP contribution in [0.5, 0.6) is 0 Å². The van der Waals surface area contributed by atoms with Gasteiger partial charge in [0.1, 0.15) is 0 Å². The maximum Gasteiger partial charge on any atom is 0.194 e. The Hall–Kier alpha value is -0.860. The number of benzene rings is 1. The molecule has 0 aromatic heterocycles. The highest BCUT2D eigenvalue weighted by Crippen LogP contribution is 2.32. The highest BCUT2D eigenvalue weighted by atomic mass is 16.7. The van der Waals surface area contributed by atoms with Crippen LogP contribution in [0.15, 0.2) is 30.3 Å². The van der Waals surface area contributed by atoms with E-state index in [1.165, 1.54) is 0 Å². The minimum Gasteiger partial charge on any atom is -0.349 e. The second-order valence-electron chi connectivity index (χ2n) is 4.13. The summed E-state index contributed by atoms with van der Waals surface area (Å²) in [4.78, 5) is 0. The maximum absolute atomic E-state index is 5.56. The van der Waals surface area contributed by atoms with E-state index in [1.54, 1.807) is 14.2 Å². The Balaban J connectivity index is 3.00. The molecule has 0 aliphatic rings. The summed E-state index contributed by atoms with van der Waals surface area (Å²) in [5, 5.41) is 0. The molecule has 1 rings (SSSR count). The summed E-state index contributed by atoms with van der Waals surface area (Å²) in [6, 6.07) is 10.1. The van der Waals surface area contributed by atoms with Gasteiger partial charge in [-0.15, -0.1) is 0 Å². The van der Waals surface area contributed by atoms with Crippen molar-refractivity contribution in [2.24, 2.45) is 5.92 Å². The Morgan fingerprint density at radius 3 is 2.00 bits per heavy atom. The first-order valence-electron chi connectivity index (χ1n) is 5.30. The van der Waals surface area contributed by atoms with Crippen LogP contribution in [0.1, 0.15) is 25.8 Å². The van der Waals surface area contributed by atoms with Crippen molar-refractivity contribution >= 4 is 0 Å². The molecule has 0 radical (unpaired) electrons. The van der Waals surface area contributed by atoms with E-state index in [2.05, 4.69) is 13.8 Å². The molecule has 0 aliphatic heterocycles. The Morgan fingerprint density at radius 1 is 1.07 bits per heavy atom. The Morgan fingerprint density at radius 2 is 1.60 bits per heavy atom. The monoisotopic (exact) mass is 208 g/mol. The van der Waals surface area contributed by atoms with Crippen molar-refractivity contribution < 1.29 is 9.47 Å². The molecule has 0 aliphatic carbocycles. The van der Waals surface area contributed by atoms with Gasteiger partial charge in [-0.05, 0) is 5.92 Å². The van der Waals surface area contributed by atoms with Crippen LogP contribution >= 0.6 is 0 Å². The molecule has 0 saturated carbocycles. The summed E-state index contributed by atoms with van der Waals surface area (Å²) in [5.41, 5.74) is 1.07. The van der Waals surface area contributed by atoms with E-state index < -0.39 is 5.79 Å². The number of hydrogen-bond donors (Lipinski definition) is 0. The first-order chi connectivity index (χ1) is 7.14. The Kier molecular flexibility index (Phi) is 4.30. The maximum atomic E-state index is 5.56. The number of methoxy groups -OCH3 is 2. The van der Waals surface area contributed by atoms with Crippen molar-refractivity contribution in [2.75, 3.05) is 14.2 Å². The lowest BCUT2D eigenvalue weighted by Crippen LogP contribution is -2.32. The molecule has 84 valence electrons. The number of rotatable bonds is 5. The minimum absolute atomic E-state index is 0.519. The Bertz CT molecular complexity index is 276. The van der Waals surface area contributed by atoms with Gasteiger partial charge in [0, 0.05) is 26.2 Å². The number of hydrogen-bond acceptors (Lipinski definition) is 2. The quantitative estimate of drug-likeness (QED) is 0.692. The van der Waals surface area contributed by atoms with Gasteiger partial charge in [0.25, 0.3) is 0 Å². The summed E-state index contributed by atoms with van der Waals surface area (Å²) in [7, 11) is 3.39. The third-order valence-corrected chi connectivity index (χ3v) is 2.55. The van der Waals surface area contributed by atoms with Gasteiger partial charge in [-0.2, -0.15) is 0 Å². The predicted molar refractivity (Wildman–Crippen MR) is 61.6 cm³/mol. The van der Waals surface area contributed by atoms with Gasteiger partial charge in [-0.1, -0.05) is 44.2 Å². The summed E-state index contributed by atoms with van der Waals surface area (Å²) < 4.78 is 11.1. The zero-order chi connectivity index (χ0) is 11.3. The normalized spacial score (nSPS) is 12.1. The average molecular weight is 208 g/mol. The molecule has 2 heteroatoms. The van der Waals surface area contributed by atoms with Gasteiger partial charge in [0.15, 0.2) is 5.79 Å². The molecule has 0 amide bonds. The van der Waals surface area contributed by atoms with Crippen molar-refractivity contribution in [3.05, 3.63) is 35.9 Å². The standard InChI is InChI=1S/C13H20O2/c1-11(2)10-13(14-3,15-4)12-8-6-5-7-9-12/h5-9,11H,10H2,1-4H3. The molecule has 0 bridgehead atoms. The molecule has 0 spiro atoms. The van der Waals surface area contributed by atoms with Crippen LogP contribution < -0.4 is 0 Å². The zero-order valence-electron chi connectivity index (χ0n) is 9.99. The van der Waals surface area contributed by atoms with Crippen LogP contribution in [0.25, 0.3) is 0 Å². The van der Waals surface area contributed by atoms with E-state index in [1.807, 2.05) is 30.3 Å². The predicted octanol–water partition coefficient (Wildman–Crippen LogP) is 3.18. The first-order valence-corrected chi connectivity index (χ1v) is 5.30. The zero-order valence-corrected chi connectivity index (χ0v) is 9.99. The third-order valence-electron chi connectivity index (χ3n) is 2.55. The fourth-order valence-electron chi connectivity index (χ4n) is 1.83. The van der Waals surface area contributed by atoms with Crippen LogP contribution in [0.4, 0.5) is 0 Å². The second kappa shape index (κ2) is 5.29. The van der Waals surface area contributed by atoms with E-state index in [0.717, 1.165) is 12.0 Å². The molecule has 0 fully saturated rings. The summed E-state index contributed by atoms with van der Waals surface area (Å²) >= 11 is 0. The molecular weight excluding hydrogens is 188 g/mol. The molecule has 1 aromatic carbocycles.